The van der Waals surface area contributed by atoms with Crippen molar-refractivity contribution in [3.05, 3.63) is 76.0 Å². The van der Waals surface area contributed by atoms with Gasteiger partial charge in [0.2, 0.25) is 0 Å². The maximum atomic E-state index is 6.43. The van der Waals surface area contributed by atoms with E-state index in [0.717, 1.165) is 29.1 Å². The summed E-state index contributed by atoms with van der Waals surface area (Å²) in [5.41, 5.74) is 6.77. The molecule has 4 rings (SSSR count). The van der Waals surface area contributed by atoms with Gasteiger partial charge in [0.25, 0.3) is 0 Å². The second kappa shape index (κ2) is 5.80. The van der Waals surface area contributed by atoms with Gasteiger partial charge in [0.05, 0.1) is 0 Å². The molecule has 0 aliphatic carbocycles. The molecule has 0 amide bonds. The average Bonchev–Trinajstić information content (AvgIpc) is 3.18. The van der Waals surface area contributed by atoms with E-state index in [9.17, 15) is 0 Å². The number of benzene rings is 2. The van der Waals surface area contributed by atoms with Crippen LogP contribution in [0.15, 0.2) is 54.7 Å². The summed E-state index contributed by atoms with van der Waals surface area (Å²) >= 11 is 12.5. The number of aromatic amines is 1. The van der Waals surface area contributed by atoms with Gasteiger partial charge in [-0.25, -0.2) is 0 Å². The third-order valence-electron chi connectivity index (χ3n) is 4.03. The van der Waals surface area contributed by atoms with Gasteiger partial charge in [0.1, 0.15) is 0 Å². The van der Waals surface area contributed by atoms with E-state index in [-0.39, 0.29) is 0 Å². The first-order chi connectivity index (χ1) is 11.2. The van der Waals surface area contributed by atoms with Crippen LogP contribution in [0.25, 0.3) is 22.8 Å². The highest BCUT2D eigenvalue weighted by atomic mass is 35.5. The Balaban J connectivity index is 1.89. The van der Waals surface area contributed by atoms with Crippen LogP contribution in [-0.4, -0.2) is 11.5 Å². The molecule has 1 aromatic heterocycles. The molecule has 0 radical (unpaired) electrons. The number of rotatable bonds is 2. The first-order valence-corrected chi connectivity index (χ1v) is 8.14. The van der Waals surface area contributed by atoms with Gasteiger partial charge >= 0.3 is 0 Å². The number of nitrogens with one attached hydrogen (secondary N) is 2. The third-order valence-corrected chi connectivity index (χ3v) is 4.58. The van der Waals surface area contributed by atoms with Crippen molar-refractivity contribution in [3.63, 3.8) is 0 Å². The normalized spacial score (nSPS) is 14.8. The molecule has 2 aromatic carbocycles. The maximum absolute atomic E-state index is 6.43. The second-order valence-electron chi connectivity index (χ2n) is 5.50. The topological polar surface area (TPSA) is 27.8 Å². The number of hydrogen-bond donors (Lipinski definition) is 2. The Bertz CT molecular complexity index is 896. The lowest BCUT2D eigenvalue weighted by atomic mass is 9.94. The van der Waals surface area contributed by atoms with Gasteiger partial charge in [-0.2, -0.15) is 0 Å². The zero-order valence-electron chi connectivity index (χ0n) is 12.2. The van der Waals surface area contributed by atoms with Crippen molar-refractivity contribution in [1.82, 2.24) is 4.98 Å². The Hall–Kier alpha value is -2.16. The molecule has 0 fully saturated rings. The highest BCUT2D eigenvalue weighted by molar-refractivity contribution is 6.36. The van der Waals surface area contributed by atoms with Crippen molar-refractivity contribution >= 4 is 40.5 Å². The SMILES string of the molecule is Clc1ccc(-c2cccc3c2C(=Cc2ccc[nH]2)CN3)c(Cl)c1. The molecule has 0 spiro atoms. The van der Waals surface area contributed by atoms with E-state index in [4.69, 9.17) is 23.2 Å². The molecule has 114 valence electrons. The maximum Gasteiger partial charge on any atom is 0.0499 e. The van der Waals surface area contributed by atoms with Crippen LogP contribution in [0, 0.1) is 0 Å². The van der Waals surface area contributed by atoms with Crippen LogP contribution in [0.4, 0.5) is 5.69 Å². The smallest absolute Gasteiger partial charge is 0.0499 e. The summed E-state index contributed by atoms with van der Waals surface area (Å²) < 4.78 is 0. The van der Waals surface area contributed by atoms with Crippen LogP contribution in [0.3, 0.4) is 0 Å². The summed E-state index contributed by atoms with van der Waals surface area (Å²) in [6.07, 6.45) is 4.10. The summed E-state index contributed by atoms with van der Waals surface area (Å²) in [6.45, 7) is 0.802. The quantitative estimate of drug-likeness (QED) is 0.592. The minimum Gasteiger partial charge on any atom is -0.380 e. The van der Waals surface area contributed by atoms with E-state index in [1.807, 2.05) is 30.5 Å². The highest BCUT2D eigenvalue weighted by Crippen LogP contribution is 2.42. The van der Waals surface area contributed by atoms with Crippen molar-refractivity contribution in [2.45, 2.75) is 0 Å². The molecule has 2 N–H and O–H groups in total. The molecule has 0 saturated heterocycles. The van der Waals surface area contributed by atoms with E-state index in [0.29, 0.717) is 10.0 Å². The van der Waals surface area contributed by atoms with Crippen molar-refractivity contribution in [2.24, 2.45) is 0 Å². The first kappa shape index (κ1) is 14.4. The summed E-state index contributed by atoms with van der Waals surface area (Å²) in [4.78, 5) is 3.23. The summed E-state index contributed by atoms with van der Waals surface area (Å²) in [7, 11) is 0. The van der Waals surface area contributed by atoms with Crippen LogP contribution >= 0.6 is 23.2 Å². The van der Waals surface area contributed by atoms with Crippen molar-refractivity contribution in [3.8, 4) is 11.1 Å². The molecule has 0 atom stereocenters. The van der Waals surface area contributed by atoms with Crippen LogP contribution in [0.5, 0.6) is 0 Å². The molecule has 0 bridgehead atoms. The fourth-order valence-corrected chi connectivity index (χ4v) is 3.51. The minimum absolute atomic E-state index is 0.645. The lowest BCUT2D eigenvalue weighted by Crippen LogP contribution is -1.91. The lowest BCUT2D eigenvalue weighted by molar-refractivity contribution is 1.37. The van der Waals surface area contributed by atoms with E-state index in [1.54, 1.807) is 6.07 Å². The van der Waals surface area contributed by atoms with Crippen LogP contribution in [0.2, 0.25) is 10.0 Å². The van der Waals surface area contributed by atoms with Gasteiger partial charge in [-0.15, -0.1) is 0 Å². The molecular weight excluding hydrogens is 327 g/mol. The fraction of sp³-hybridized carbons (Fsp3) is 0.0526. The average molecular weight is 341 g/mol. The van der Waals surface area contributed by atoms with E-state index >= 15 is 0 Å². The monoisotopic (exact) mass is 340 g/mol. The molecule has 4 heteroatoms. The Morgan fingerprint density at radius 3 is 2.65 bits per heavy atom. The number of fused-ring (bicyclic) bond motifs is 1. The number of aromatic nitrogens is 1. The van der Waals surface area contributed by atoms with Crippen LogP contribution in [0.1, 0.15) is 11.3 Å². The van der Waals surface area contributed by atoms with Crippen molar-refractivity contribution in [1.29, 1.82) is 0 Å². The number of halogens is 2. The van der Waals surface area contributed by atoms with E-state index < -0.39 is 0 Å². The standard InChI is InChI=1S/C19H14Cl2N2/c20-13-6-7-15(17(21)10-13)16-4-1-5-18-19(16)12(11-23-18)9-14-3-2-8-22-14/h1-10,22-23H,11H2. The molecule has 23 heavy (non-hydrogen) atoms. The largest absolute Gasteiger partial charge is 0.380 e. The Labute approximate surface area is 144 Å². The minimum atomic E-state index is 0.645. The molecule has 0 unspecified atom stereocenters. The van der Waals surface area contributed by atoms with Crippen LogP contribution in [-0.2, 0) is 0 Å². The predicted octanol–water partition coefficient (Wildman–Crippen LogP) is 5.95. The van der Waals surface area contributed by atoms with Crippen molar-refractivity contribution < 1.29 is 0 Å². The molecule has 2 nitrogen and oxygen atoms in total. The number of H-pyrrole nitrogens is 1. The van der Waals surface area contributed by atoms with Gasteiger partial charge in [0, 0.05) is 45.3 Å². The zero-order chi connectivity index (χ0) is 15.8. The third kappa shape index (κ3) is 2.65. The Morgan fingerprint density at radius 2 is 1.87 bits per heavy atom. The first-order valence-electron chi connectivity index (χ1n) is 7.39. The molecule has 1 aliphatic heterocycles. The zero-order valence-corrected chi connectivity index (χ0v) is 13.7. The van der Waals surface area contributed by atoms with Gasteiger partial charge < -0.3 is 10.3 Å². The molecular formula is C19H14Cl2N2. The predicted molar refractivity (Wildman–Crippen MR) is 99.1 cm³/mol. The molecule has 1 aliphatic rings. The summed E-state index contributed by atoms with van der Waals surface area (Å²) in [5.74, 6) is 0. The number of anilines is 1. The van der Waals surface area contributed by atoms with Gasteiger partial charge in [-0.05, 0) is 47.5 Å². The van der Waals surface area contributed by atoms with Gasteiger partial charge in [-0.1, -0.05) is 41.4 Å². The lowest BCUT2D eigenvalue weighted by Gasteiger charge is -2.11. The molecule has 2 heterocycles. The van der Waals surface area contributed by atoms with Crippen molar-refractivity contribution in [2.75, 3.05) is 11.9 Å². The highest BCUT2D eigenvalue weighted by Gasteiger charge is 2.21. The Kier molecular flexibility index (Phi) is 3.64. The second-order valence-corrected chi connectivity index (χ2v) is 6.34. The van der Waals surface area contributed by atoms with Gasteiger partial charge in [-0.3, -0.25) is 0 Å². The Morgan fingerprint density at radius 1 is 0.957 bits per heavy atom. The summed E-state index contributed by atoms with van der Waals surface area (Å²) in [6, 6.07) is 15.9. The number of hydrogen-bond acceptors (Lipinski definition) is 1. The van der Waals surface area contributed by atoms with Gasteiger partial charge in [0.15, 0.2) is 0 Å². The summed E-state index contributed by atoms with van der Waals surface area (Å²) in [5, 5.41) is 4.76. The van der Waals surface area contributed by atoms with E-state index in [2.05, 4.69) is 34.6 Å². The van der Waals surface area contributed by atoms with Crippen LogP contribution < -0.4 is 5.32 Å². The van der Waals surface area contributed by atoms with E-state index in [1.165, 1.54) is 11.1 Å². The fourth-order valence-electron chi connectivity index (χ4n) is 3.00. The molecule has 3 aromatic rings. The molecule has 0 saturated carbocycles.